The molecule has 2 N–H and O–H groups in total. The molecule has 1 aromatic rings. The highest BCUT2D eigenvalue weighted by molar-refractivity contribution is 7.99. The highest BCUT2D eigenvalue weighted by Gasteiger charge is 2.04. The number of nitrogens with two attached hydrogens (primary N) is 1. The van der Waals surface area contributed by atoms with E-state index in [1.165, 1.54) is 11.8 Å². The van der Waals surface area contributed by atoms with Gasteiger partial charge in [0.05, 0.1) is 13.0 Å². The van der Waals surface area contributed by atoms with Crippen molar-refractivity contribution in [2.24, 2.45) is 0 Å². The second kappa shape index (κ2) is 6.66. The Labute approximate surface area is 104 Å². The van der Waals surface area contributed by atoms with E-state index in [2.05, 4.69) is 0 Å². The second-order valence-electron chi connectivity index (χ2n) is 3.09. The van der Waals surface area contributed by atoms with E-state index in [4.69, 9.17) is 22.1 Å². The van der Waals surface area contributed by atoms with E-state index < -0.39 is 0 Å². The van der Waals surface area contributed by atoms with Crippen LogP contribution < -0.4 is 5.73 Å². The average molecular weight is 260 g/mol. The summed E-state index contributed by atoms with van der Waals surface area (Å²) in [5.41, 5.74) is 6.42. The monoisotopic (exact) mass is 259 g/mol. The van der Waals surface area contributed by atoms with Gasteiger partial charge < -0.3 is 10.5 Å². The summed E-state index contributed by atoms with van der Waals surface area (Å²) < 4.78 is 4.82. The van der Waals surface area contributed by atoms with Gasteiger partial charge in [-0.1, -0.05) is 11.6 Å². The van der Waals surface area contributed by atoms with E-state index in [-0.39, 0.29) is 5.97 Å². The molecule has 0 aliphatic heterocycles. The van der Waals surface area contributed by atoms with Crippen LogP contribution in [-0.2, 0) is 9.53 Å². The van der Waals surface area contributed by atoms with Crippen LogP contribution in [0.2, 0.25) is 5.02 Å². The third-order valence-electron chi connectivity index (χ3n) is 1.84. The molecule has 0 saturated carbocycles. The molecular weight excluding hydrogens is 246 g/mol. The number of rotatable bonds is 5. The summed E-state index contributed by atoms with van der Waals surface area (Å²) in [4.78, 5) is 12.0. The molecule has 0 aliphatic rings. The first-order valence-corrected chi connectivity index (χ1v) is 6.33. The summed E-state index contributed by atoms with van der Waals surface area (Å²) in [5, 5.41) is 0.618. The predicted molar refractivity (Wildman–Crippen MR) is 67.8 cm³/mol. The molecular formula is C11H14ClNO2S. The van der Waals surface area contributed by atoms with Gasteiger partial charge in [-0.3, -0.25) is 4.79 Å². The van der Waals surface area contributed by atoms with Gasteiger partial charge >= 0.3 is 5.97 Å². The van der Waals surface area contributed by atoms with Crippen molar-refractivity contribution in [1.29, 1.82) is 0 Å². The van der Waals surface area contributed by atoms with Crippen molar-refractivity contribution in [3.05, 3.63) is 23.2 Å². The van der Waals surface area contributed by atoms with Gasteiger partial charge in [-0.15, -0.1) is 11.8 Å². The van der Waals surface area contributed by atoms with E-state index >= 15 is 0 Å². The second-order valence-corrected chi connectivity index (χ2v) is 4.66. The molecule has 0 spiro atoms. The Morgan fingerprint density at radius 2 is 2.31 bits per heavy atom. The zero-order valence-corrected chi connectivity index (χ0v) is 10.6. The van der Waals surface area contributed by atoms with E-state index in [1.807, 2.05) is 6.07 Å². The van der Waals surface area contributed by atoms with Gasteiger partial charge in [0.15, 0.2) is 0 Å². The Morgan fingerprint density at radius 1 is 1.56 bits per heavy atom. The maximum absolute atomic E-state index is 11.1. The number of hydrogen-bond donors (Lipinski definition) is 1. The molecule has 0 aliphatic carbocycles. The number of benzene rings is 1. The van der Waals surface area contributed by atoms with E-state index in [0.717, 1.165) is 4.90 Å². The van der Waals surface area contributed by atoms with Gasteiger partial charge in [0.2, 0.25) is 0 Å². The zero-order chi connectivity index (χ0) is 12.0. The summed E-state index contributed by atoms with van der Waals surface area (Å²) in [6.07, 6.45) is 0.389. The van der Waals surface area contributed by atoms with Crippen molar-refractivity contribution >= 4 is 35.0 Å². The van der Waals surface area contributed by atoms with Crippen LogP contribution in [0, 0.1) is 0 Å². The van der Waals surface area contributed by atoms with Gasteiger partial charge in [0.1, 0.15) is 0 Å². The summed E-state index contributed by atoms with van der Waals surface area (Å²) in [6.45, 7) is 2.22. The van der Waals surface area contributed by atoms with Crippen molar-refractivity contribution in [3.63, 3.8) is 0 Å². The number of hydrogen-bond acceptors (Lipinski definition) is 4. The summed E-state index contributed by atoms with van der Waals surface area (Å²) in [7, 11) is 0. The van der Waals surface area contributed by atoms with Gasteiger partial charge in [0.25, 0.3) is 0 Å². The zero-order valence-electron chi connectivity index (χ0n) is 9.03. The lowest BCUT2D eigenvalue weighted by atomic mass is 10.3. The fourth-order valence-corrected chi connectivity index (χ4v) is 2.19. The Bertz CT molecular complexity index is 371. The number of esters is 1. The Balaban J connectivity index is 2.40. The number of halogens is 1. The quantitative estimate of drug-likeness (QED) is 0.502. The van der Waals surface area contributed by atoms with Gasteiger partial charge in [-0.05, 0) is 25.1 Å². The lowest BCUT2D eigenvalue weighted by Gasteiger charge is -2.05. The van der Waals surface area contributed by atoms with Crippen molar-refractivity contribution in [3.8, 4) is 0 Å². The molecule has 1 rings (SSSR count). The molecule has 0 fully saturated rings. The predicted octanol–water partition coefficient (Wildman–Crippen LogP) is 2.97. The van der Waals surface area contributed by atoms with Crippen LogP contribution >= 0.6 is 23.4 Å². The highest BCUT2D eigenvalue weighted by Crippen LogP contribution is 2.27. The molecule has 0 atom stereocenters. The van der Waals surface area contributed by atoms with E-state index in [0.29, 0.717) is 29.5 Å². The Morgan fingerprint density at radius 3 is 2.94 bits per heavy atom. The maximum Gasteiger partial charge on any atom is 0.306 e. The number of nitrogen functional groups attached to an aromatic ring is 1. The normalized spacial score (nSPS) is 10.1. The molecule has 0 saturated heterocycles. The summed E-state index contributed by atoms with van der Waals surface area (Å²) in [6, 6.07) is 5.34. The van der Waals surface area contributed by atoms with Crippen molar-refractivity contribution in [2.75, 3.05) is 18.1 Å². The van der Waals surface area contributed by atoms with Crippen LogP contribution in [0.25, 0.3) is 0 Å². The smallest absolute Gasteiger partial charge is 0.306 e. The Hall–Kier alpha value is -0.870. The molecule has 1 aromatic carbocycles. The molecule has 16 heavy (non-hydrogen) atoms. The Kier molecular flexibility index (Phi) is 5.49. The first-order chi connectivity index (χ1) is 7.63. The lowest BCUT2D eigenvalue weighted by Crippen LogP contribution is -2.04. The molecule has 3 nitrogen and oxygen atoms in total. The minimum Gasteiger partial charge on any atom is -0.466 e. The standard InChI is InChI=1S/C11H14ClNO2S/c1-2-15-11(14)5-6-16-10-4-3-8(12)7-9(10)13/h3-4,7H,2,5-6,13H2,1H3. The molecule has 0 unspecified atom stereocenters. The first-order valence-electron chi connectivity index (χ1n) is 4.97. The van der Waals surface area contributed by atoms with Crippen LogP contribution in [0.15, 0.2) is 23.1 Å². The number of anilines is 1. The first kappa shape index (κ1) is 13.2. The molecule has 5 heteroatoms. The summed E-state index contributed by atoms with van der Waals surface area (Å²) >= 11 is 7.30. The SMILES string of the molecule is CCOC(=O)CCSc1ccc(Cl)cc1N. The van der Waals surface area contributed by atoms with Crippen LogP contribution in [-0.4, -0.2) is 18.3 Å². The minimum atomic E-state index is -0.178. The molecule has 0 radical (unpaired) electrons. The van der Waals surface area contributed by atoms with Crippen molar-refractivity contribution in [1.82, 2.24) is 0 Å². The molecule has 0 aromatic heterocycles. The largest absolute Gasteiger partial charge is 0.466 e. The van der Waals surface area contributed by atoms with Crippen LogP contribution in [0.1, 0.15) is 13.3 Å². The average Bonchev–Trinajstić information content (AvgIpc) is 2.22. The molecule has 0 bridgehead atoms. The molecule has 0 amide bonds. The van der Waals surface area contributed by atoms with Gasteiger partial charge in [0, 0.05) is 21.4 Å². The third kappa shape index (κ3) is 4.33. The minimum absolute atomic E-state index is 0.178. The fourth-order valence-electron chi connectivity index (χ4n) is 1.13. The lowest BCUT2D eigenvalue weighted by molar-refractivity contribution is -0.142. The van der Waals surface area contributed by atoms with Gasteiger partial charge in [-0.2, -0.15) is 0 Å². The van der Waals surface area contributed by atoms with Gasteiger partial charge in [-0.25, -0.2) is 0 Å². The van der Waals surface area contributed by atoms with E-state index in [9.17, 15) is 4.79 Å². The highest BCUT2D eigenvalue weighted by atomic mass is 35.5. The van der Waals surface area contributed by atoms with Crippen LogP contribution in [0.3, 0.4) is 0 Å². The number of thioether (sulfide) groups is 1. The maximum atomic E-state index is 11.1. The van der Waals surface area contributed by atoms with Crippen molar-refractivity contribution < 1.29 is 9.53 Å². The number of carbonyl (C=O) groups is 1. The van der Waals surface area contributed by atoms with Crippen LogP contribution in [0.4, 0.5) is 5.69 Å². The number of ether oxygens (including phenoxy) is 1. The van der Waals surface area contributed by atoms with E-state index in [1.54, 1.807) is 19.1 Å². The topological polar surface area (TPSA) is 52.3 Å². The third-order valence-corrected chi connectivity index (χ3v) is 3.17. The molecule has 0 heterocycles. The summed E-state index contributed by atoms with van der Waals surface area (Å²) in [5.74, 6) is 0.479. The fraction of sp³-hybridized carbons (Fsp3) is 0.364. The molecule has 88 valence electrons. The van der Waals surface area contributed by atoms with Crippen LogP contribution in [0.5, 0.6) is 0 Å². The number of carbonyl (C=O) groups excluding carboxylic acids is 1. The van der Waals surface area contributed by atoms with Crippen molar-refractivity contribution in [2.45, 2.75) is 18.2 Å².